The van der Waals surface area contributed by atoms with Crippen LogP contribution < -0.4 is 0 Å². The fraction of sp³-hybridized carbons (Fsp3) is 0.429. The minimum absolute atomic E-state index is 0.0139. The van der Waals surface area contributed by atoms with E-state index in [9.17, 15) is 0 Å². The summed E-state index contributed by atoms with van der Waals surface area (Å²) in [5.41, 5.74) is 7.87. The SMILES string of the molecule is CC(N=N)c1cccn1C. The van der Waals surface area contributed by atoms with Gasteiger partial charge in [-0.05, 0) is 19.1 Å². The Morgan fingerprint density at radius 3 is 2.80 bits per heavy atom. The van der Waals surface area contributed by atoms with Crippen LogP contribution in [-0.2, 0) is 7.05 Å². The molecule has 10 heavy (non-hydrogen) atoms. The molecular formula is C7H11N3. The molecule has 1 atom stereocenters. The van der Waals surface area contributed by atoms with Gasteiger partial charge in [0.05, 0.1) is 0 Å². The summed E-state index contributed by atoms with van der Waals surface area (Å²) in [6.07, 6.45) is 1.96. The lowest BCUT2D eigenvalue weighted by Gasteiger charge is -2.04. The van der Waals surface area contributed by atoms with Crippen molar-refractivity contribution in [3.05, 3.63) is 24.0 Å². The molecule has 54 valence electrons. The van der Waals surface area contributed by atoms with Crippen molar-refractivity contribution < 1.29 is 0 Å². The average molecular weight is 137 g/mol. The van der Waals surface area contributed by atoms with Crippen LogP contribution in [0.15, 0.2) is 23.4 Å². The summed E-state index contributed by atoms with van der Waals surface area (Å²) in [5, 5.41) is 3.42. The predicted molar refractivity (Wildman–Crippen MR) is 39.0 cm³/mol. The first-order chi connectivity index (χ1) is 4.75. The number of rotatable bonds is 2. The molecule has 3 heteroatoms. The lowest BCUT2D eigenvalue weighted by atomic mass is 10.2. The Morgan fingerprint density at radius 2 is 2.40 bits per heavy atom. The lowest BCUT2D eigenvalue weighted by Crippen LogP contribution is -1.96. The van der Waals surface area contributed by atoms with E-state index in [0.29, 0.717) is 0 Å². The number of hydrogen-bond donors (Lipinski definition) is 1. The normalized spacial score (nSPS) is 13.0. The molecule has 0 saturated carbocycles. The zero-order chi connectivity index (χ0) is 7.56. The van der Waals surface area contributed by atoms with Gasteiger partial charge in [0.15, 0.2) is 0 Å². The van der Waals surface area contributed by atoms with E-state index in [2.05, 4.69) is 5.11 Å². The fourth-order valence-corrected chi connectivity index (χ4v) is 0.974. The Morgan fingerprint density at radius 1 is 1.70 bits per heavy atom. The molecule has 1 aromatic rings. The predicted octanol–water partition coefficient (Wildman–Crippen LogP) is 2.12. The first kappa shape index (κ1) is 6.99. The third-order valence-electron chi connectivity index (χ3n) is 1.61. The Balaban J connectivity index is 2.92. The lowest BCUT2D eigenvalue weighted by molar-refractivity contribution is 0.668. The summed E-state index contributed by atoms with van der Waals surface area (Å²) in [7, 11) is 1.96. The molecule has 1 rings (SSSR count). The first-order valence-electron chi connectivity index (χ1n) is 3.23. The second-order valence-electron chi connectivity index (χ2n) is 2.35. The van der Waals surface area contributed by atoms with Crippen molar-refractivity contribution >= 4 is 0 Å². The summed E-state index contributed by atoms with van der Waals surface area (Å²) >= 11 is 0. The van der Waals surface area contributed by atoms with Crippen molar-refractivity contribution in [1.29, 1.82) is 5.53 Å². The summed E-state index contributed by atoms with van der Waals surface area (Å²) in [5.74, 6) is 0. The average Bonchev–Trinajstić information content (AvgIpc) is 2.34. The molecule has 0 saturated heterocycles. The topological polar surface area (TPSA) is 41.1 Å². The monoisotopic (exact) mass is 137 g/mol. The van der Waals surface area contributed by atoms with Crippen molar-refractivity contribution in [2.45, 2.75) is 13.0 Å². The first-order valence-corrected chi connectivity index (χ1v) is 3.23. The van der Waals surface area contributed by atoms with Crippen molar-refractivity contribution in [1.82, 2.24) is 4.57 Å². The Labute approximate surface area is 60.2 Å². The number of hydrogen-bond acceptors (Lipinski definition) is 2. The van der Waals surface area contributed by atoms with Gasteiger partial charge in [-0.1, -0.05) is 0 Å². The molecule has 0 radical (unpaired) electrons. The third kappa shape index (κ3) is 1.07. The minimum atomic E-state index is -0.0139. The summed E-state index contributed by atoms with van der Waals surface area (Å²) in [4.78, 5) is 0. The van der Waals surface area contributed by atoms with Crippen molar-refractivity contribution in [2.75, 3.05) is 0 Å². The molecular weight excluding hydrogens is 126 g/mol. The Kier molecular flexibility index (Phi) is 1.85. The van der Waals surface area contributed by atoms with E-state index >= 15 is 0 Å². The van der Waals surface area contributed by atoms with E-state index in [-0.39, 0.29) is 6.04 Å². The van der Waals surface area contributed by atoms with Gasteiger partial charge in [0.1, 0.15) is 6.04 Å². The van der Waals surface area contributed by atoms with Crippen LogP contribution >= 0.6 is 0 Å². The number of aryl methyl sites for hydroxylation is 1. The smallest absolute Gasteiger partial charge is 0.108 e. The highest BCUT2D eigenvalue weighted by Crippen LogP contribution is 2.14. The van der Waals surface area contributed by atoms with Crippen LogP contribution in [-0.4, -0.2) is 4.57 Å². The van der Waals surface area contributed by atoms with E-state index in [1.807, 2.05) is 36.9 Å². The molecule has 1 N–H and O–H groups in total. The summed E-state index contributed by atoms with van der Waals surface area (Å²) in [6.45, 7) is 1.91. The molecule has 3 nitrogen and oxygen atoms in total. The van der Waals surface area contributed by atoms with Gasteiger partial charge in [0.25, 0.3) is 0 Å². The quantitative estimate of drug-likeness (QED) is 0.606. The van der Waals surface area contributed by atoms with Gasteiger partial charge >= 0.3 is 0 Å². The van der Waals surface area contributed by atoms with Gasteiger partial charge in [0.2, 0.25) is 0 Å². The highest BCUT2D eigenvalue weighted by atomic mass is 15.0. The van der Waals surface area contributed by atoms with Crippen LogP contribution in [0.1, 0.15) is 18.7 Å². The van der Waals surface area contributed by atoms with Crippen LogP contribution in [0.5, 0.6) is 0 Å². The van der Waals surface area contributed by atoms with Crippen LogP contribution in [0.3, 0.4) is 0 Å². The summed E-state index contributed by atoms with van der Waals surface area (Å²) in [6, 6.07) is 3.92. The zero-order valence-corrected chi connectivity index (χ0v) is 6.20. The molecule has 0 spiro atoms. The molecule has 0 bridgehead atoms. The van der Waals surface area contributed by atoms with Gasteiger partial charge in [-0.25, -0.2) is 5.53 Å². The van der Waals surface area contributed by atoms with E-state index in [1.54, 1.807) is 0 Å². The summed E-state index contributed by atoms with van der Waals surface area (Å²) < 4.78 is 1.97. The van der Waals surface area contributed by atoms with Gasteiger partial charge in [-0.15, -0.1) is 0 Å². The molecule has 0 fully saturated rings. The molecule has 0 aliphatic rings. The largest absolute Gasteiger partial charge is 0.353 e. The third-order valence-corrected chi connectivity index (χ3v) is 1.61. The van der Waals surface area contributed by atoms with E-state index in [0.717, 1.165) is 5.69 Å². The Hall–Kier alpha value is -1.12. The van der Waals surface area contributed by atoms with Gasteiger partial charge < -0.3 is 4.57 Å². The maximum absolute atomic E-state index is 6.79. The van der Waals surface area contributed by atoms with Crippen LogP contribution in [0, 0.1) is 5.53 Å². The second-order valence-corrected chi connectivity index (χ2v) is 2.35. The molecule has 0 amide bonds. The maximum atomic E-state index is 6.79. The molecule has 1 aromatic heterocycles. The van der Waals surface area contributed by atoms with E-state index in [1.165, 1.54) is 0 Å². The second kappa shape index (κ2) is 2.64. The zero-order valence-electron chi connectivity index (χ0n) is 6.20. The standard InChI is InChI=1S/C7H11N3/c1-6(9-8)7-4-3-5-10(7)2/h3-6,8H,1-2H3. The maximum Gasteiger partial charge on any atom is 0.108 e. The van der Waals surface area contributed by atoms with Gasteiger partial charge in [-0.2, -0.15) is 5.11 Å². The minimum Gasteiger partial charge on any atom is -0.353 e. The highest BCUT2D eigenvalue weighted by molar-refractivity contribution is 5.10. The molecule has 1 unspecified atom stereocenters. The van der Waals surface area contributed by atoms with Crippen LogP contribution in [0.4, 0.5) is 0 Å². The number of aromatic nitrogens is 1. The van der Waals surface area contributed by atoms with Crippen molar-refractivity contribution in [3.8, 4) is 0 Å². The van der Waals surface area contributed by atoms with Crippen LogP contribution in [0.2, 0.25) is 0 Å². The van der Waals surface area contributed by atoms with E-state index < -0.39 is 0 Å². The molecule has 0 aromatic carbocycles. The molecule has 0 aliphatic heterocycles. The highest BCUT2D eigenvalue weighted by Gasteiger charge is 2.04. The fourth-order valence-electron chi connectivity index (χ4n) is 0.974. The Bertz CT molecular complexity index is 227. The van der Waals surface area contributed by atoms with Crippen molar-refractivity contribution in [2.24, 2.45) is 12.2 Å². The number of nitrogens with one attached hydrogen (secondary N) is 1. The molecule has 0 aliphatic carbocycles. The molecule has 1 heterocycles. The van der Waals surface area contributed by atoms with Crippen LogP contribution in [0.25, 0.3) is 0 Å². The van der Waals surface area contributed by atoms with Crippen molar-refractivity contribution in [3.63, 3.8) is 0 Å². The number of nitrogens with zero attached hydrogens (tertiary/aromatic N) is 2. The van der Waals surface area contributed by atoms with E-state index in [4.69, 9.17) is 5.53 Å². The van der Waals surface area contributed by atoms with Gasteiger partial charge in [-0.3, -0.25) is 0 Å². The van der Waals surface area contributed by atoms with Gasteiger partial charge in [0, 0.05) is 18.9 Å².